The fourth-order valence-corrected chi connectivity index (χ4v) is 3.11. The normalized spacial score (nSPS) is 10.4. The number of benzene rings is 4. The molecule has 0 aliphatic heterocycles. The number of para-hydroxylation sites is 1. The third-order valence-corrected chi connectivity index (χ3v) is 4.65. The highest BCUT2D eigenvalue weighted by Gasteiger charge is 2.16. The van der Waals surface area contributed by atoms with Gasteiger partial charge in [-0.15, -0.1) is 0 Å². The number of ketones is 1. The first-order valence-corrected chi connectivity index (χ1v) is 9.48. The summed E-state index contributed by atoms with van der Waals surface area (Å²) in [6, 6.07) is 29.0. The Morgan fingerprint density at radius 1 is 0.667 bits per heavy atom. The summed E-state index contributed by atoms with van der Waals surface area (Å²) in [6.45, 7) is 0. The SMILES string of the molecule is Nc1c(F)cc(Nc2ccc(Nc3ccccc3)cc2)cc1C(=O)c1ccccc1. The highest BCUT2D eigenvalue weighted by atomic mass is 19.1. The maximum atomic E-state index is 14.4. The van der Waals surface area contributed by atoms with Gasteiger partial charge in [0.25, 0.3) is 0 Å². The first-order chi connectivity index (χ1) is 14.6. The van der Waals surface area contributed by atoms with Gasteiger partial charge in [0.05, 0.1) is 11.3 Å². The van der Waals surface area contributed by atoms with Crippen molar-refractivity contribution in [1.29, 1.82) is 0 Å². The molecule has 4 aromatic rings. The number of anilines is 5. The molecule has 0 fully saturated rings. The molecule has 4 rings (SSSR count). The van der Waals surface area contributed by atoms with Crippen LogP contribution in [0.4, 0.5) is 32.8 Å². The van der Waals surface area contributed by atoms with Crippen LogP contribution in [0.5, 0.6) is 0 Å². The van der Waals surface area contributed by atoms with Crippen molar-refractivity contribution in [2.75, 3.05) is 16.4 Å². The Morgan fingerprint density at radius 3 is 1.77 bits per heavy atom. The van der Waals surface area contributed by atoms with E-state index in [0.29, 0.717) is 11.3 Å². The topological polar surface area (TPSA) is 67.2 Å². The molecule has 0 radical (unpaired) electrons. The number of carbonyl (C=O) groups is 1. The van der Waals surface area contributed by atoms with Crippen LogP contribution in [0.15, 0.2) is 97.1 Å². The lowest BCUT2D eigenvalue weighted by molar-refractivity contribution is 0.103. The molecule has 4 N–H and O–H groups in total. The van der Waals surface area contributed by atoms with Crippen LogP contribution in [0.2, 0.25) is 0 Å². The molecule has 0 aliphatic carbocycles. The van der Waals surface area contributed by atoms with Crippen molar-refractivity contribution >= 4 is 34.2 Å². The highest BCUT2D eigenvalue weighted by molar-refractivity contribution is 6.12. The zero-order valence-corrected chi connectivity index (χ0v) is 16.1. The van der Waals surface area contributed by atoms with E-state index in [1.165, 1.54) is 6.07 Å². The zero-order chi connectivity index (χ0) is 20.9. The van der Waals surface area contributed by atoms with E-state index in [-0.39, 0.29) is 17.0 Å². The second-order valence-electron chi connectivity index (χ2n) is 6.81. The van der Waals surface area contributed by atoms with Gasteiger partial charge in [-0.05, 0) is 48.5 Å². The lowest BCUT2D eigenvalue weighted by Crippen LogP contribution is -2.08. The molecular formula is C25H20FN3O. The van der Waals surface area contributed by atoms with E-state index < -0.39 is 5.82 Å². The Hall–Kier alpha value is -4.12. The summed E-state index contributed by atoms with van der Waals surface area (Å²) >= 11 is 0. The first-order valence-electron chi connectivity index (χ1n) is 9.48. The highest BCUT2D eigenvalue weighted by Crippen LogP contribution is 2.27. The van der Waals surface area contributed by atoms with Crippen LogP contribution in [0, 0.1) is 5.82 Å². The number of hydrogen-bond donors (Lipinski definition) is 3. The molecule has 0 saturated carbocycles. The number of rotatable bonds is 6. The molecule has 0 amide bonds. The fourth-order valence-electron chi connectivity index (χ4n) is 3.11. The van der Waals surface area contributed by atoms with Crippen molar-refractivity contribution in [1.82, 2.24) is 0 Å². The van der Waals surface area contributed by atoms with Gasteiger partial charge in [0.1, 0.15) is 5.82 Å². The number of nitrogens with one attached hydrogen (secondary N) is 2. The number of nitrogens with two attached hydrogens (primary N) is 1. The molecule has 4 aromatic carbocycles. The summed E-state index contributed by atoms with van der Waals surface area (Å²) in [4.78, 5) is 12.8. The average Bonchev–Trinajstić information content (AvgIpc) is 2.78. The monoisotopic (exact) mass is 397 g/mol. The second-order valence-corrected chi connectivity index (χ2v) is 6.81. The molecule has 5 heteroatoms. The largest absolute Gasteiger partial charge is 0.396 e. The third-order valence-electron chi connectivity index (χ3n) is 4.65. The van der Waals surface area contributed by atoms with Crippen LogP contribution in [0.25, 0.3) is 0 Å². The Kier molecular flexibility index (Phi) is 5.44. The molecule has 4 nitrogen and oxygen atoms in total. The summed E-state index contributed by atoms with van der Waals surface area (Å²) < 4.78 is 14.4. The quantitative estimate of drug-likeness (QED) is 0.271. The van der Waals surface area contributed by atoms with Crippen LogP contribution in [-0.2, 0) is 0 Å². The number of halogens is 1. The maximum Gasteiger partial charge on any atom is 0.195 e. The number of nitrogen functional groups attached to an aromatic ring is 1. The Bertz CT molecular complexity index is 1160. The van der Waals surface area contributed by atoms with Gasteiger partial charge in [0.15, 0.2) is 5.78 Å². The van der Waals surface area contributed by atoms with Gasteiger partial charge in [-0.2, -0.15) is 0 Å². The summed E-state index contributed by atoms with van der Waals surface area (Å²) in [7, 11) is 0. The number of hydrogen-bond acceptors (Lipinski definition) is 4. The van der Waals surface area contributed by atoms with Crippen molar-refractivity contribution in [3.8, 4) is 0 Å². The minimum absolute atomic E-state index is 0.131. The van der Waals surface area contributed by atoms with Crippen LogP contribution < -0.4 is 16.4 Å². The van der Waals surface area contributed by atoms with Crippen molar-refractivity contribution < 1.29 is 9.18 Å². The van der Waals surface area contributed by atoms with Gasteiger partial charge in [-0.1, -0.05) is 48.5 Å². The average molecular weight is 397 g/mol. The lowest BCUT2D eigenvalue weighted by atomic mass is 10.0. The van der Waals surface area contributed by atoms with E-state index in [4.69, 9.17) is 5.73 Å². The third kappa shape index (κ3) is 4.31. The van der Waals surface area contributed by atoms with Crippen LogP contribution >= 0.6 is 0 Å². The Labute approximate surface area is 174 Å². The second kappa shape index (κ2) is 8.49. The fraction of sp³-hybridized carbons (Fsp3) is 0. The summed E-state index contributed by atoms with van der Waals surface area (Å²) in [5.41, 5.74) is 9.40. The van der Waals surface area contributed by atoms with E-state index in [2.05, 4.69) is 10.6 Å². The molecule has 0 spiro atoms. The molecule has 0 unspecified atom stereocenters. The van der Waals surface area contributed by atoms with Gasteiger partial charge < -0.3 is 16.4 Å². The van der Waals surface area contributed by atoms with Crippen molar-refractivity contribution in [3.63, 3.8) is 0 Å². The lowest BCUT2D eigenvalue weighted by Gasteiger charge is -2.12. The molecule has 0 aliphatic rings. The smallest absolute Gasteiger partial charge is 0.195 e. The molecule has 0 aromatic heterocycles. The minimum Gasteiger partial charge on any atom is -0.396 e. The van der Waals surface area contributed by atoms with Crippen molar-refractivity contribution in [3.05, 3.63) is 114 Å². The van der Waals surface area contributed by atoms with Gasteiger partial charge >= 0.3 is 0 Å². The van der Waals surface area contributed by atoms with Crippen molar-refractivity contribution in [2.24, 2.45) is 0 Å². The number of carbonyl (C=O) groups excluding carboxylic acids is 1. The van der Waals surface area contributed by atoms with E-state index in [1.807, 2.05) is 60.7 Å². The predicted molar refractivity (Wildman–Crippen MR) is 120 cm³/mol. The Morgan fingerprint density at radius 2 is 1.17 bits per heavy atom. The predicted octanol–water partition coefficient (Wildman–Crippen LogP) is 6.13. The van der Waals surface area contributed by atoms with E-state index in [9.17, 15) is 9.18 Å². The summed E-state index contributed by atoms with van der Waals surface area (Å²) in [5.74, 6) is -0.959. The van der Waals surface area contributed by atoms with Gasteiger partial charge in [0, 0.05) is 28.3 Å². The zero-order valence-electron chi connectivity index (χ0n) is 16.1. The standard InChI is InChI=1S/C25H20FN3O/c26-23-16-21(15-22(24(23)27)25(30)17-7-3-1-4-8-17)29-20-13-11-19(12-14-20)28-18-9-5-2-6-10-18/h1-16,28-29H,27H2. The first kappa shape index (κ1) is 19.2. The Balaban J connectivity index is 1.55. The van der Waals surface area contributed by atoms with E-state index >= 15 is 0 Å². The molecule has 0 saturated heterocycles. The molecular weight excluding hydrogens is 377 g/mol. The molecule has 0 heterocycles. The van der Waals surface area contributed by atoms with Gasteiger partial charge in [0.2, 0.25) is 0 Å². The van der Waals surface area contributed by atoms with E-state index in [0.717, 1.165) is 17.1 Å². The minimum atomic E-state index is -0.637. The van der Waals surface area contributed by atoms with Crippen LogP contribution in [-0.4, -0.2) is 5.78 Å². The van der Waals surface area contributed by atoms with Gasteiger partial charge in [-0.25, -0.2) is 4.39 Å². The maximum absolute atomic E-state index is 14.4. The summed E-state index contributed by atoms with van der Waals surface area (Å²) in [6.07, 6.45) is 0. The van der Waals surface area contributed by atoms with Crippen molar-refractivity contribution in [2.45, 2.75) is 0 Å². The molecule has 148 valence electrons. The molecule has 0 bridgehead atoms. The van der Waals surface area contributed by atoms with Crippen LogP contribution in [0.1, 0.15) is 15.9 Å². The summed E-state index contributed by atoms with van der Waals surface area (Å²) in [5, 5.41) is 6.44. The van der Waals surface area contributed by atoms with Crippen LogP contribution in [0.3, 0.4) is 0 Å². The van der Waals surface area contributed by atoms with Gasteiger partial charge in [-0.3, -0.25) is 4.79 Å². The van der Waals surface area contributed by atoms with E-state index in [1.54, 1.807) is 30.3 Å². The molecule has 0 atom stereocenters. The molecule has 30 heavy (non-hydrogen) atoms.